The van der Waals surface area contributed by atoms with E-state index in [1.807, 2.05) is 0 Å². The van der Waals surface area contributed by atoms with Crippen LogP contribution in [0.5, 0.6) is 0 Å². The van der Waals surface area contributed by atoms with Crippen molar-refractivity contribution < 1.29 is 92.3 Å². The molecular weight excluding hydrogens is 708 g/mol. The normalized spacial score (nSPS) is 14.7. The van der Waals surface area contributed by atoms with Crippen LogP contribution < -0.4 is 0 Å². The van der Waals surface area contributed by atoms with Crippen molar-refractivity contribution in [2.24, 2.45) is 0 Å². The van der Waals surface area contributed by atoms with Crippen molar-refractivity contribution in [1.82, 2.24) is 4.57 Å². The van der Waals surface area contributed by atoms with Crippen LogP contribution in [0, 0.1) is 0 Å². The van der Waals surface area contributed by atoms with Crippen molar-refractivity contribution in [3.05, 3.63) is 71.8 Å². The minimum absolute atomic E-state index is 0.479. The van der Waals surface area contributed by atoms with E-state index in [0.29, 0.717) is 0 Å². The molecule has 0 radical (unpaired) electrons. The lowest BCUT2D eigenvalue weighted by atomic mass is 10.2. The molecule has 0 heterocycles. The van der Waals surface area contributed by atoms with E-state index in [0.717, 1.165) is 48.5 Å². The second-order valence-electron chi connectivity index (χ2n) is 9.09. The third-order valence-electron chi connectivity index (χ3n) is 5.40. The van der Waals surface area contributed by atoms with Gasteiger partial charge in [0.2, 0.25) is 18.3 Å². The van der Waals surface area contributed by atoms with Crippen molar-refractivity contribution in [3.63, 3.8) is 0 Å². The van der Waals surface area contributed by atoms with Crippen LogP contribution in [0.25, 0.3) is 0 Å². The van der Waals surface area contributed by atoms with Crippen LogP contribution in [0.15, 0.2) is 60.7 Å². The minimum Gasteiger partial charge on any atom is -0.340 e. The monoisotopic (exact) mass is 725 g/mol. The Morgan fingerprint density at radius 1 is 0.413 bits per heavy atom. The Hall–Kier alpha value is -2.76. The Labute approximate surface area is 246 Å². The highest BCUT2D eigenvalue weighted by Gasteiger charge is 2.73. The smallest absolute Gasteiger partial charge is 0.340 e. The van der Waals surface area contributed by atoms with E-state index in [2.05, 4.69) is 13.3 Å². The van der Waals surface area contributed by atoms with Gasteiger partial charge in [0.15, 0.2) is 0 Å². The van der Waals surface area contributed by atoms with Gasteiger partial charge in [0.1, 0.15) is 0 Å². The molecule has 0 aliphatic carbocycles. The van der Waals surface area contributed by atoms with Crippen LogP contribution in [0.2, 0.25) is 0 Å². The van der Waals surface area contributed by atoms with Crippen LogP contribution in [0.3, 0.4) is 0 Å². The molecule has 4 nitrogen and oxygen atoms in total. The number of hydrogen-bond donors (Lipinski definition) is 0. The lowest BCUT2D eigenvalue weighted by Crippen LogP contribution is -2.71. The maximum Gasteiger partial charge on any atom is 0.602 e. The summed E-state index contributed by atoms with van der Waals surface area (Å²) < 4.78 is 256. The summed E-state index contributed by atoms with van der Waals surface area (Å²) in [4.78, 5) is 0. The number of nitrogens with zero attached hydrogens (tertiary/aromatic N) is 1. The molecule has 262 valence electrons. The first-order chi connectivity index (χ1) is 20.6. The molecule has 0 aromatic heterocycles. The molecule has 0 amide bonds. The minimum atomic E-state index is -8.13. The summed E-state index contributed by atoms with van der Waals surface area (Å²) in [5, 5.41) is 0. The van der Waals surface area contributed by atoms with Gasteiger partial charge in [-0.1, -0.05) is 60.7 Å². The molecule has 46 heavy (non-hydrogen) atoms. The Balaban J connectivity index is 3.12. The third-order valence-corrected chi connectivity index (χ3v) is 8.10. The Morgan fingerprint density at radius 3 is 0.826 bits per heavy atom. The standard InChI is InChI=1S/C23H17F18NO3Si/c24-18(25,26)15(19(27,28)29)43-46(44-16(20(30,31)32)21(33,34)35,45-17(22(36,37)38)23(39,40)41)42(11-13-7-3-1-4-8-13)12-14-9-5-2-6-10-14/h1-10,15-17H,11-12H2. The van der Waals surface area contributed by atoms with Gasteiger partial charge in [-0.2, -0.15) is 79.0 Å². The molecule has 2 rings (SSSR count). The summed E-state index contributed by atoms with van der Waals surface area (Å²) in [5.74, 6) is 0. The molecule has 0 N–H and O–H groups in total. The average molecular weight is 725 g/mol. The molecule has 0 saturated carbocycles. The third kappa shape index (κ3) is 10.9. The maximum absolute atomic E-state index is 13.6. The van der Waals surface area contributed by atoms with Crippen LogP contribution in [-0.2, 0) is 26.4 Å². The molecule has 2 aromatic carbocycles. The number of rotatable bonds is 11. The summed E-state index contributed by atoms with van der Waals surface area (Å²) in [5.41, 5.74) is -0.958. The highest BCUT2D eigenvalue weighted by atomic mass is 28.4. The Kier molecular flexibility index (Phi) is 11.8. The molecule has 0 spiro atoms. The molecule has 0 unspecified atom stereocenters. The van der Waals surface area contributed by atoms with Crippen molar-refractivity contribution >= 4 is 8.97 Å². The molecule has 23 heteroatoms. The molecule has 0 aliphatic rings. The van der Waals surface area contributed by atoms with Gasteiger partial charge in [-0.3, -0.25) is 0 Å². The van der Waals surface area contributed by atoms with Crippen LogP contribution >= 0.6 is 0 Å². The zero-order valence-electron chi connectivity index (χ0n) is 21.9. The second-order valence-corrected chi connectivity index (χ2v) is 11.5. The van der Waals surface area contributed by atoms with E-state index in [9.17, 15) is 79.0 Å². The largest absolute Gasteiger partial charge is 0.602 e. The van der Waals surface area contributed by atoms with E-state index in [1.54, 1.807) is 0 Å². The first-order valence-corrected chi connectivity index (χ1v) is 13.5. The zero-order valence-corrected chi connectivity index (χ0v) is 22.9. The predicted molar refractivity (Wildman–Crippen MR) is 119 cm³/mol. The summed E-state index contributed by atoms with van der Waals surface area (Å²) in [6, 6.07) is 10.0. The quantitative estimate of drug-likeness (QED) is 0.172. The van der Waals surface area contributed by atoms with E-state index in [4.69, 9.17) is 0 Å². The van der Waals surface area contributed by atoms with Crippen LogP contribution in [0.1, 0.15) is 11.1 Å². The van der Waals surface area contributed by atoms with E-state index in [-0.39, 0.29) is 0 Å². The fourth-order valence-corrected chi connectivity index (χ4v) is 6.63. The van der Waals surface area contributed by atoms with Gasteiger partial charge in [0.25, 0.3) is 0 Å². The molecule has 0 atom stereocenters. The van der Waals surface area contributed by atoms with Crippen molar-refractivity contribution in [2.45, 2.75) is 68.5 Å². The molecule has 0 bridgehead atoms. The van der Waals surface area contributed by atoms with Gasteiger partial charge < -0.3 is 13.3 Å². The van der Waals surface area contributed by atoms with Crippen molar-refractivity contribution in [3.8, 4) is 0 Å². The fourth-order valence-electron chi connectivity index (χ4n) is 3.57. The van der Waals surface area contributed by atoms with Gasteiger partial charge in [-0.15, -0.1) is 0 Å². The average Bonchev–Trinajstić information content (AvgIpc) is 2.85. The van der Waals surface area contributed by atoms with Gasteiger partial charge in [0.05, 0.1) is 0 Å². The number of alkyl halides is 18. The topological polar surface area (TPSA) is 30.9 Å². The zero-order chi connectivity index (χ0) is 35.6. The first kappa shape index (κ1) is 39.4. The number of hydrogen-bond acceptors (Lipinski definition) is 4. The van der Waals surface area contributed by atoms with Gasteiger partial charge in [0, 0.05) is 13.1 Å². The highest BCUT2D eigenvalue weighted by Crippen LogP contribution is 2.46. The van der Waals surface area contributed by atoms with Crippen molar-refractivity contribution in [2.75, 3.05) is 0 Å². The maximum atomic E-state index is 13.6. The highest BCUT2D eigenvalue weighted by molar-refractivity contribution is 6.57. The lowest BCUT2D eigenvalue weighted by molar-refractivity contribution is -0.349. The summed E-state index contributed by atoms with van der Waals surface area (Å²) in [6.45, 7) is -3.12. The Morgan fingerprint density at radius 2 is 0.630 bits per heavy atom. The number of halogens is 18. The molecule has 2 aromatic rings. The van der Waals surface area contributed by atoms with Gasteiger partial charge in [-0.25, -0.2) is 4.57 Å². The number of benzene rings is 2. The van der Waals surface area contributed by atoms with E-state index >= 15 is 0 Å². The molecule has 0 fully saturated rings. The van der Waals surface area contributed by atoms with Gasteiger partial charge >= 0.3 is 46.0 Å². The lowest BCUT2D eigenvalue weighted by Gasteiger charge is -2.44. The SMILES string of the molecule is FC(F)(F)C(O[Si](OC(C(F)(F)F)C(F)(F)F)(OC(C(F)(F)F)C(F)(F)F)N(Cc1ccccc1)Cc1ccccc1)C(F)(F)F. The molecular formula is C23H17F18NO3Si. The second kappa shape index (κ2) is 13.8. The Bertz CT molecular complexity index is 1060. The molecule has 0 aliphatic heterocycles. The molecule has 0 saturated heterocycles. The summed E-state index contributed by atoms with van der Waals surface area (Å²) >= 11 is 0. The van der Waals surface area contributed by atoms with E-state index < -0.39 is 93.1 Å². The van der Waals surface area contributed by atoms with Crippen LogP contribution in [0.4, 0.5) is 79.0 Å². The van der Waals surface area contributed by atoms with Crippen molar-refractivity contribution in [1.29, 1.82) is 0 Å². The van der Waals surface area contributed by atoms with E-state index in [1.165, 1.54) is 12.1 Å². The summed E-state index contributed by atoms with van der Waals surface area (Å²) in [7, 11) is -8.13. The summed E-state index contributed by atoms with van der Waals surface area (Å²) in [6.07, 6.45) is -58.4. The van der Waals surface area contributed by atoms with Gasteiger partial charge in [-0.05, 0) is 11.1 Å². The first-order valence-electron chi connectivity index (χ1n) is 11.8. The van der Waals surface area contributed by atoms with Crippen LogP contribution in [-0.4, -0.2) is 68.9 Å². The fraction of sp³-hybridized carbons (Fsp3) is 0.478. The predicted octanol–water partition coefficient (Wildman–Crippen LogP) is 8.65.